The lowest BCUT2D eigenvalue weighted by Gasteiger charge is -2.22. The number of nitrogens with one attached hydrogen (secondary N) is 1. The van der Waals surface area contributed by atoms with E-state index in [0.717, 1.165) is 22.4 Å². The third-order valence-electron chi connectivity index (χ3n) is 5.03. The molecule has 0 bridgehead atoms. The average molecular weight is 385 g/mol. The number of carbonyl (C=O) groups is 2. The SMILES string of the molecule is Cc1cc(C)c(NC(=O)C2CC(=O)N(c3ccccc3C(C)C)C2)c(Cl)c1. The van der Waals surface area contributed by atoms with Crippen LogP contribution in [-0.2, 0) is 9.59 Å². The molecule has 2 aromatic rings. The number of rotatable bonds is 4. The van der Waals surface area contributed by atoms with E-state index in [-0.39, 0.29) is 18.2 Å². The minimum Gasteiger partial charge on any atom is -0.324 e. The van der Waals surface area contributed by atoms with Crippen LogP contribution in [0.25, 0.3) is 0 Å². The van der Waals surface area contributed by atoms with Gasteiger partial charge in [-0.2, -0.15) is 0 Å². The third kappa shape index (κ3) is 4.01. The summed E-state index contributed by atoms with van der Waals surface area (Å²) in [6, 6.07) is 11.7. The van der Waals surface area contributed by atoms with Gasteiger partial charge >= 0.3 is 0 Å². The number of amides is 2. The zero-order valence-electron chi connectivity index (χ0n) is 16.2. The third-order valence-corrected chi connectivity index (χ3v) is 5.32. The van der Waals surface area contributed by atoms with Crippen molar-refractivity contribution in [1.82, 2.24) is 0 Å². The summed E-state index contributed by atoms with van der Waals surface area (Å²) in [5.74, 6) is -0.276. The van der Waals surface area contributed by atoms with E-state index in [4.69, 9.17) is 11.6 Å². The quantitative estimate of drug-likeness (QED) is 0.799. The molecular weight excluding hydrogens is 360 g/mol. The summed E-state index contributed by atoms with van der Waals surface area (Å²) in [4.78, 5) is 27.2. The molecule has 27 heavy (non-hydrogen) atoms. The number of nitrogens with zero attached hydrogens (tertiary/aromatic N) is 1. The first-order chi connectivity index (χ1) is 12.8. The smallest absolute Gasteiger partial charge is 0.229 e. The summed E-state index contributed by atoms with van der Waals surface area (Å²) in [5, 5.41) is 3.45. The van der Waals surface area contributed by atoms with E-state index in [1.807, 2.05) is 50.2 Å². The Hall–Kier alpha value is -2.33. The fraction of sp³-hybridized carbons (Fsp3) is 0.364. The number of benzene rings is 2. The largest absolute Gasteiger partial charge is 0.324 e. The lowest BCUT2D eigenvalue weighted by atomic mass is 10.0. The molecule has 3 rings (SSSR count). The van der Waals surface area contributed by atoms with Crippen LogP contribution in [0.2, 0.25) is 5.02 Å². The maximum atomic E-state index is 12.8. The summed E-state index contributed by atoms with van der Waals surface area (Å²) in [6.45, 7) is 8.47. The van der Waals surface area contributed by atoms with Crippen molar-refractivity contribution in [2.75, 3.05) is 16.8 Å². The molecular formula is C22H25ClN2O2. The second-order valence-electron chi connectivity index (χ2n) is 7.55. The lowest BCUT2D eigenvalue weighted by Crippen LogP contribution is -2.29. The molecule has 142 valence electrons. The molecule has 1 saturated heterocycles. The Morgan fingerprint density at radius 3 is 2.59 bits per heavy atom. The minimum atomic E-state index is -0.394. The van der Waals surface area contributed by atoms with Crippen LogP contribution in [0.3, 0.4) is 0 Å². The number of hydrogen-bond acceptors (Lipinski definition) is 2. The second-order valence-corrected chi connectivity index (χ2v) is 7.95. The predicted octanol–water partition coefficient (Wildman–Crippen LogP) is 5.07. The summed E-state index contributed by atoms with van der Waals surface area (Å²) >= 11 is 6.30. The zero-order valence-corrected chi connectivity index (χ0v) is 16.9. The molecule has 0 aromatic heterocycles. The van der Waals surface area contributed by atoms with Gasteiger partial charge in [0.2, 0.25) is 11.8 Å². The van der Waals surface area contributed by atoms with E-state index in [1.54, 1.807) is 4.90 Å². The van der Waals surface area contributed by atoms with Crippen molar-refractivity contribution in [1.29, 1.82) is 0 Å². The van der Waals surface area contributed by atoms with Crippen molar-refractivity contribution >= 4 is 34.8 Å². The fourth-order valence-electron chi connectivity index (χ4n) is 3.64. The number of carbonyl (C=O) groups excluding carboxylic acids is 2. The minimum absolute atomic E-state index is 0.0185. The first-order valence-corrected chi connectivity index (χ1v) is 9.62. The normalized spacial score (nSPS) is 16.9. The van der Waals surface area contributed by atoms with Gasteiger partial charge in [-0.05, 0) is 48.6 Å². The van der Waals surface area contributed by atoms with Crippen LogP contribution in [0.1, 0.15) is 42.9 Å². The van der Waals surface area contributed by atoms with Crippen LogP contribution in [0, 0.1) is 19.8 Å². The van der Waals surface area contributed by atoms with Gasteiger partial charge < -0.3 is 10.2 Å². The number of aryl methyl sites for hydroxylation is 2. The van der Waals surface area contributed by atoms with Gasteiger partial charge in [-0.15, -0.1) is 0 Å². The Labute approximate surface area is 165 Å². The molecule has 4 nitrogen and oxygen atoms in total. The van der Waals surface area contributed by atoms with Crippen molar-refractivity contribution in [3.8, 4) is 0 Å². The van der Waals surface area contributed by atoms with Crippen LogP contribution in [0.4, 0.5) is 11.4 Å². The topological polar surface area (TPSA) is 49.4 Å². The molecule has 1 aliphatic heterocycles. The van der Waals surface area contributed by atoms with E-state index in [9.17, 15) is 9.59 Å². The van der Waals surface area contributed by atoms with Crippen LogP contribution < -0.4 is 10.2 Å². The molecule has 1 atom stereocenters. The van der Waals surface area contributed by atoms with Crippen molar-refractivity contribution in [2.24, 2.45) is 5.92 Å². The van der Waals surface area contributed by atoms with Crippen molar-refractivity contribution < 1.29 is 9.59 Å². The highest BCUT2D eigenvalue weighted by Gasteiger charge is 2.36. The lowest BCUT2D eigenvalue weighted by molar-refractivity contribution is -0.122. The summed E-state index contributed by atoms with van der Waals surface area (Å²) in [7, 11) is 0. The maximum absolute atomic E-state index is 12.8. The number of hydrogen-bond donors (Lipinski definition) is 1. The molecule has 1 aliphatic rings. The van der Waals surface area contributed by atoms with Crippen LogP contribution in [0.15, 0.2) is 36.4 Å². The van der Waals surface area contributed by atoms with Gasteiger partial charge in [0.15, 0.2) is 0 Å². The number of para-hydroxylation sites is 1. The van der Waals surface area contributed by atoms with Gasteiger partial charge in [0.25, 0.3) is 0 Å². The van der Waals surface area contributed by atoms with Crippen LogP contribution in [0.5, 0.6) is 0 Å². The number of halogens is 1. The van der Waals surface area contributed by atoms with Gasteiger partial charge in [-0.25, -0.2) is 0 Å². The predicted molar refractivity (Wildman–Crippen MR) is 111 cm³/mol. The second kappa shape index (κ2) is 7.73. The molecule has 0 saturated carbocycles. The van der Waals surface area contributed by atoms with Gasteiger partial charge in [0.1, 0.15) is 0 Å². The standard InChI is InChI=1S/C22H25ClN2O2/c1-13(2)17-7-5-6-8-19(17)25-12-16(11-20(25)26)22(27)24-21-15(4)9-14(3)10-18(21)23/h5-10,13,16H,11-12H2,1-4H3,(H,24,27). The molecule has 1 fully saturated rings. The monoisotopic (exact) mass is 384 g/mol. The van der Waals surface area contributed by atoms with E-state index < -0.39 is 5.92 Å². The fourth-order valence-corrected chi connectivity index (χ4v) is 4.01. The maximum Gasteiger partial charge on any atom is 0.229 e. The Kier molecular flexibility index (Phi) is 5.56. The highest BCUT2D eigenvalue weighted by Crippen LogP contribution is 2.33. The Morgan fingerprint density at radius 1 is 1.22 bits per heavy atom. The van der Waals surface area contributed by atoms with Crippen LogP contribution in [-0.4, -0.2) is 18.4 Å². The van der Waals surface area contributed by atoms with Crippen molar-refractivity contribution in [3.05, 3.63) is 58.1 Å². The van der Waals surface area contributed by atoms with E-state index >= 15 is 0 Å². The van der Waals surface area contributed by atoms with Crippen LogP contribution >= 0.6 is 11.6 Å². The molecule has 0 radical (unpaired) electrons. The van der Waals surface area contributed by atoms with Gasteiger partial charge in [0.05, 0.1) is 16.6 Å². The molecule has 2 aromatic carbocycles. The van der Waals surface area contributed by atoms with Crippen molar-refractivity contribution in [2.45, 2.75) is 40.0 Å². The molecule has 2 amide bonds. The first-order valence-electron chi connectivity index (χ1n) is 9.24. The first kappa shape index (κ1) is 19.4. The van der Waals surface area contributed by atoms with Gasteiger partial charge in [-0.1, -0.05) is 49.7 Å². The number of anilines is 2. The van der Waals surface area contributed by atoms with Gasteiger partial charge in [-0.3, -0.25) is 9.59 Å². The molecule has 1 unspecified atom stereocenters. The highest BCUT2D eigenvalue weighted by molar-refractivity contribution is 6.34. The summed E-state index contributed by atoms with van der Waals surface area (Å²) in [6.07, 6.45) is 0.209. The molecule has 0 spiro atoms. The van der Waals surface area contributed by atoms with Gasteiger partial charge in [0, 0.05) is 18.7 Å². The summed E-state index contributed by atoms with van der Waals surface area (Å²) in [5.41, 5.74) is 4.60. The average Bonchev–Trinajstić information content (AvgIpc) is 2.99. The summed E-state index contributed by atoms with van der Waals surface area (Å²) < 4.78 is 0. The van der Waals surface area contributed by atoms with E-state index in [0.29, 0.717) is 23.2 Å². The Balaban J connectivity index is 1.79. The van der Waals surface area contributed by atoms with E-state index in [1.165, 1.54) is 0 Å². The Morgan fingerprint density at radius 2 is 1.93 bits per heavy atom. The highest BCUT2D eigenvalue weighted by atomic mass is 35.5. The molecule has 1 N–H and O–H groups in total. The molecule has 0 aliphatic carbocycles. The Bertz CT molecular complexity index is 869. The molecule has 5 heteroatoms. The zero-order chi connectivity index (χ0) is 19.7. The van der Waals surface area contributed by atoms with Crippen molar-refractivity contribution in [3.63, 3.8) is 0 Å². The van der Waals surface area contributed by atoms with E-state index in [2.05, 4.69) is 19.2 Å². The molecule has 1 heterocycles.